The van der Waals surface area contributed by atoms with E-state index in [-0.39, 0.29) is 17.1 Å². The lowest BCUT2D eigenvalue weighted by atomic mass is 10.2. The highest BCUT2D eigenvalue weighted by Crippen LogP contribution is 2.34. The number of nitrogens with one attached hydrogen (secondary N) is 4. The van der Waals surface area contributed by atoms with Crippen LogP contribution in [0.15, 0.2) is 98.8 Å². The van der Waals surface area contributed by atoms with Gasteiger partial charge in [-0.2, -0.15) is 0 Å². The first kappa shape index (κ1) is 20.9. The van der Waals surface area contributed by atoms with Gasteiger partial charge in [0, 0.05) is 21.7 Å². The molecule has 8 heteroatoms. The fraction of sp³-hybridized carbons (Fsp3) is 0.130. The second kappa shape index (κ2) is 9.18. The number of halogens is 2. The third-order valence-corrected chi connectivity index (χ3v) is 5.79. The van der Waals surface area contributed by atoms with Crippen molar-refractivity contribution in [3.63, 3.8) is 0 Å². The van der Waals surface area contributed by atoms with Crippen molar-refractivity contribution in [2.24, 2.45) is 0 Å². The Balaban J connectivity index is 1.60. The summed E-state index contributed by atoms with van der Waals surface area (Å²) in [5.41, 5.74) is 1.80. The van der Waals surface area contributed by atoms with E-state index in [1.807, 2.05) is 42.5 Å². The molecular weight excluding hydrogens is 418 g/mol. The summed E-state index contributed by atoms with van der Waals surface area (Å²) in [6.07, 6.45) is 1.17. The van der Waals surface area contributed by atoms with Crippen LogP contribution in [0.5, 0.6) is 0 Å². The maximum atomic E-state index is 13.4. The molecule has 0 radical (unpaired) electrons. The van der Waals surface area contributed by atoms with Crippen molar-refractivity contribution in [2.75, 3.05) is 5.32 Å². The van der Waals surface area contributed by atoms with Crippen LogP contribution in [0, 0.1) is 5.41 Å². The second-order valence-electron chi connectivity index (χ2n) is 6.97. The second-order valence-corrected chi connectivity index (χ2v) is 8.08. The Kier molecular flexibility index (Phi) is 6.18. The normalized spacial score (nSPS) is 16.8. The maximum Gasteiger partial charge on any atom is 0.278 e. The summed E-state index contributed by atoms with van der Waals surface area (Å²) >= 11 is 1.49. The minimum Gasteiger partial charge on any atom is -0.341 e. The highest BCUT2D eigenvalue weighted by molar-refractivity contribution is 7.99. The Hall–Kier alpha value is -3.39. The van der Waals surface area contributed by atoms with Crippen molar-refractivity contribution in [2.45, 2.75) is 29.1 Å². The van der Waals surface area contributed by atoms with Crippen LogP contribution in [0.25, 0.3) is 0 Å². The van der Waals surface area contributed by atoms with Gasteiger partial charge in [0.25, 0.3) is 12.3 Å². The molecule has 0 atom stereocenters. The number of para-hydroxylation sites is 1. The topological polar surface area (TPSA) is 77.0 Å². The zero-order valence-electron chi connectivity index (χ0n) is 16.4. The summed E-state index contributed by atoms with van der Waals surface area (Å²) < 4.78 is 26.7. The highest BCUT2D eigenvalue weighted by atomic mass is 32.2. The SMILES string of the molecule is N=C/C(C(=O)Nc1ccccc1Sc1ccccc1)=C1\NC(C(F)F)=CC(=C2CC2)N1. The zero-order chi connectivity index (χ0) is 21.8. The fourth-order valence-corrected chi connectivity index (χ4v) is 3.95. The minimum absolute atomic E-state index is 0.0653. The minimum atomic E-state index is -2.72. The largest absolute Gasteiger partial charge is 0.341 e. The summed E-state index contributed by atoms with van der Waals surface area (Å²) in [6.45, 7) is 0. The third-order valence-electron chi connectivity index (χ3n) is 4.71. The molecule has 5 nitrogen and oxygen atoms in total. The van der Waals surface area contributed by atoms with Crippen LogP contribution in [0.2, 0.25) is 0 Å². The molecule has 1 aliphatic carbocycles. The third kappa shape index (κ3) is 5.03. The quantitative estimate of drug-likeness (QED) is 0.377. The van der Waals surface area contributed by atoms with E-state index in [2.05, 4.69) is 16.0 Å². The molecule has 0 spiro atoms. The monoisotopic (exact) mass is 438 g/mol. The number of alkyl halides is 2. The molecule has 158 valence electrons. The molecule has 4 N–H and O–H groups in total. The molecule has 2 aromatic rings. The molecule has 31 heavy (non-hydrogen) atoms. The number of allylic oxidation sites excluding steroid dienone is 3. The highest BCUT2D eigenvalue weighted by Gasteiger charge is 2.27. The summed E-state index contributed by atoms with van der Waals surface area (Å²) in [5, 5.41) is 16.1. The first-order chi connectivity index (χ1) is 15.0. The predicted molar refractivity (Wildman–Crippen MR) is 118 cm³/mol. The van der Waals surface area contributed by atoms with E-state index in [9.17, 15) is 13.6 Å². The van der Waals surface area contributed by atoms with Crippen molar-refractivity contribution in [1.82, 2.24) is 10.6 Å². The van der Waals surface area contributed by atoms with E-state index in [1.54, 1.807) is 12.1 Å². The molecule has 0 aromatic heterocycles. The number of amides is 1. The van der Waals surface area contributed by atoms with Crippen LogP contribution in [0.3, 0.4) is 0 Å². The van der Waals surface area contributed by atoms with Gasteiger partial charge in [-0.1, -0.05) is 42.1 Å². The molecule has 0 unspecified atom stereocenters. The molecule has 2 aromatic carbocycles. The lowest BCUT2D eigenvalue weighted by molar-refractivity contribution is -0.112. The van der Waals surface area contributed by atoms with Crippen LogP contribution in [-0.2, 0) is 4.79 Å². The van der Waals surface area contributed by atoms with Gasteiger partial charge in [-0.05, 0) is 48.8 Å². The summed E-state index contributed by atoms with van der Waals surface area (Å²) in [5.74, 6) is -0.491. The van der Waals surface area contributed by atoms with Crippen LogP contribution >= 0.6 is 11.8 Å². The van der Waals surface area contributed by atoms with Crippen molar-refractivity contribution < 1.29 is 13.6 Å². The van der Waals surface area contributed by atoms with Gasteiger partial charge < -0.3 is 21.4 Å². The number of carbonyl (C=O) groups is 1. The Morgan fingerprint density at radius 1 is 1.06 bits per heavy atom. The van der Waals surface area contributed by atoms with Gasteiger partial charge in [-0.25, -0.2) is 8.78 Å². The van der Waals surface area contributed by atoms with Crippen LogP contribution < -0.4 is 16.0 Å². The van der Waals surface area contributed by atoms with Gasteiger partial charge >= 0.3 is 0 Å². The number of benzene rings is 2. The van der Waals surface area contributed by atoms with Gasteiger partial charge in [0.15, 0.2) is 0 Å². The van der Waals surface area contributed by atoms with Crippen LogP contribution in [0.1, 0.15) is 12.8 Å². The number of hydrogen-bond donors (Lipinski definition) is 4. The number of anilines is 1. The number of carbonyl (C=O) groups excluding carboxylic acids is 1. The first-order valence-corrected chi connectivity index (χ1v) is 10.5. The van der Waals surface area contributed by atoms with Gasteiger partial charge in [0.2, 0.25) is 0 Å². The van der Waals surface area contributed by atoms with Crippen molar-refractivity contribution in [1.29, 1.82) is 5.41 Å². The van der Waals surface area contributed by atoms with E-state index in [0.29, 0.717) is 11.4 Å². The van der Waals surface area contributed by atoms with Crippen molar-refractivity contribution in [3.05, 3.63) is 89.0 Å². The molecular formula is C23H20F2N4OS. The standard InChI is InChI=1S/C23H20F2N4OS/c24-21(25)19-12-18(14-10-11-14)27-22(28-19)16(13-26)23(30)29-17-8-4-5-9-20(17)31-15-6-2-1-3-7-15/h1-9,12-13,21,26-28H,10-11H2,(H,29,30)/b22-16+,26-13?. The van der Waals surface area contributed by atoms with Gasteiger partial charge in [-0.3, -0.25) is 4.79 Å². The molecule has 2 aliphatic rings. The van der Waals surface area contributed by atoms with Crippen LogP contribution in [-0.4, -0.2) is 18.5 Å². The van der Waals surface area contributed by atoms with E-state index in [4.69, 9.17) is 5.41 Å². The van der Waals surface area contributed by atoms with Crippen molar-refractivity contribution in [3.8, 4) is 0 Å². The first-order valence-electron chi connectivity index (χ1n) is 9.69. The average Bonchev–Trinajstić information content (AvgIpc) is 3.62. The summed E-state index contributed by atoms with van der Waals surface area (Å²) in [4.78, 5) is 14.8. The molecule has 1 aliphatic heterocycles. The molecule has 1 fully saturated rings. The molecule has 1 heterocycles. The van der Waals surface area contributed by atoms with Crippen molar-refractivity contribution >= 4 is 29.6 Å². The Morgan fingerprint density at radius 3 is 2.45 bits per heavy atom. The van der Waals surface area contributed by atoms with Gasteiger partial charge in [0.1, 0.15) is 5.82 Å². The van der Waals surface area contributed by atoms with E-state index >= 15 is 0 Å². The Morgan fingerprint density at radius 2 is 1.77 bits per heavy atom. The van der Waals surface area contributed by atoms with Gasteiger partial charge in [-0.15, -0.1) is 0 Å². The predicted octanol–water partition coefficient (Wildman–Crippen LogP) is 5.03. The average molecular weight is 439 g/mol. The molecule has 1 saturated carbocycles. The molecule has 4 rings (SSSR count). The molecule has 0 bridgehead atoms. The summed E-state index contributed by atoms with van der Waals surface area (Å²) in [6, 6.07) is 17.0. The smallest absolute Gasteiger partial charge is 0.278 e. The number of rotatable bonds is 6. The maximum absolute atomic E-state index is 13.4. The molecule has 1 amide bonds. The zero-order valence-corrected chi connectivity index (χ0v) is 17.2. The lowest BCUT2D eigenvalue weighted by Crippen LogP contribution is -2.36. The van der Waals surface area contributed by atoms with Gasteiger partial charge in [0.05, 0.1) is 17.0 Å². The van der Waals surface area contributed by atoms with E-state index < -0.39 is 12.3 Å². The molecule has 0 saturated heterocycles. The van der Waals surface area contributed by atoms with E-state index in [0.717, 1.165) is 34.4 Å². The summed E-state index contributed by atoms with van der Waals surface area (Å²) in [7, 11) is 0. The van der Waals surface area contributed by atoms with Crippen LogP contribution in [0.4, 0.5) is 14.5 Å². The Bertz CT molecular complexity index is 1100. The van der Waals surface area contributed by atoms with E-state index in [1.165, 1.54) is 17.8 Å². The lowest BCUT2D eigenvalue weighted by Gasteiger charge is -2.24. The fourth-order valence-electron chi connectivity index (χ4n) is 3.03. The number of hydrogen-bond acceptors (Lipinski definition) is 5. The Labute approximate surface area is 182 Å².